The Bertz CT molecular complexity index is 646. The summed E-state index contributed by atoms with van der Waals surface area (Å²) in [7, 11) is 1.74. The van der Waals surface area contributed by atoms with E-state index in [1.54, 1.807) is 17.9 Å². The van der Waals surface area contributed by atoms with Crippen molar-refractivity contribution >= 4 is 35.4 Å². The zero-order valence-electron chi connectivity index (χ0n) is 11.0. The van der Waals surface area contributed by atoms with Crippen LogP contribution in [-0.2, 0) is 16.6 Å². The van der Waals surface area contributed by atoms with Crippen molar-refractivity contribution in [2.24, 2.45) is 12.8 Å². The van der Waals surface area contributed by atoms with Crippen molar-refractivity contribution < 1.29 is 14.7 Å². The Labute approximate surface area is 127 Å². The number of β-lactam (4-membered cyclic amide) rings is 1. The number of carboxylic acid groups (broad SMARTS) is 1. The molecule has 0 aromatic carbocycles. The first-order valence-corrected chi connectivity index (χ1v) is 7.94. The molecule has 3 rings (SSSR count). The van der Waals surface area contributed by atoms with Gasteiger partial charge >= 0.3 is 5.97 Å². The van der Waals surface area contributed by atoms with Gasteiger partial charge in [0.05, 0.1) is 0 Å². The summed E-state index contributed by atoms with van der Waals surface area (Å²) in [5.41, 5.74) is 6.61. The number of aromatic nitrogens is 4. The molecule has 1 saturated heterocycles. The van der Waals surface area contributed by atoms with Gasteiger partial charge in [0.1, 0.15) is 6.04 Å². The number of aryl methyl sites for hydroxylation is 1. The van der Waals surface area contributed by atoms with Gasteiger partial charge in [-0.15, -0.1) is 16.9 Å². The second kappa shape index (κ2) is 5.00. The molecule has 0 spiro atoms. The number of thioether (sulfide) groups is 2. The molecule has 11 heteroatoms. The number of hydrogen-bond donors (Lipinski definition) is 2. The number of aliphatic carboxylic acids is 1. The van der Waals surface area contributed by atoms with Crippen LogP contribution < -0.4 is 5.73 Å². The maximum absolute atomic E-state index is 11.8. The van der Waals surface area contributed by atoms with Crippen molar-refractivity contribution in [3.8, 4) is 0 Å². The first-order valence-electron chi connectivity index (χ1n) is 5.97. The standard InChI is InChI=1S/C10H12N6O3S2/c1-15-9(12-13-14-15)20-3-5-2-16-7(17)6(11)10(16,8(18)19)21-4-5/h2,6H,3-4,11H2,1H3,(H,18,19). The first kappa shape index (κ1) is 14.4. The highest BCUT2D eigenvalue weighted by Crippen LogP contribution is 2.46. The number of amides is 1. The quantitative estimate of drug-likeness (QED) is 0.522. The molecule has 1 amide bonds. The highest BCUT2D eigenvalue weighted by molar-refractivity contribution is 8.02. The van der Waals surface area contributed by atoms with E-state index in [0.717, 1.165) is 5.57 Å². The van der Waals surface area contributed by atoms with Crippen LogP contribution >= 0.6 is 23.5 Å². The van der Waals surface area contributed by atoms with Crippen LogP contribution in [0.3, 0.4) is 0 Å². The van der Waals surface area contributed by atoms with E-state index in [1.807, 2.05) is 0 Å². The number of carbonyl (C=O) groups is 2. The Balaban J connectivity index is 1.74. The molecule has 1 aromatic heterocycles. The van der Waals surface area contributed by atoms with Gasteiger partial charge in [0, 0.05) is 24.8 Å². The maximum atomic E-state index is 11.8. The molecular formula is C10H12N6O3S2. The van der Waals surface area contributed by atoms with Crippen LogP contribution in [0, 0.1) is 0 Å². The molecule has 21 heavy (non-hydrogen) atoms. The molecule has 0 bridgehead atoms. The van der Waals surface area contributed by atoms with Crippen molar-refractivity contribution in [2.45, 2.75) is 16.1 Å². The van der Waals surface area contributed by atoms with E-state index in [4.69, 9.17) is 5.73 Å². The van der Waals surface area contributed by atoms with Gasteiger partial charge in [0.2, 0.25) is 15.9 Å². The van der Waals surface area contributed by atoms with Crippen molar-refractivity contribution in [1.29, 1.82) is 0 Å². The average molecular weight is 328 g/mol. The fraction of sp³-hybridized carbons (Fsp3) is 0.500. The minimum absolute atomic E-state index is 0.368. The number of tetrazole rings is 1. The third kappa shape index (κ3) is 2.03. The molecule has 0 saturated carbocycles. The summed E-state index contributed by atoms with van der Waals surface area (Å²) in [6.07, 6.45) is 1.59. The SMILES string of the molecule is Cn1nnnc1SCC1=CN2C(=O)C(N)C2(C(=O)O)SC1. The van der Waals surface area contributed by atoms with E-state index in [-0.39, 0.29) is 5.91 Å². The number of nitrogens with two attached hydrogens (primary N) is 1. The predicted octanol–water partition coefficient (Wildman–Crippen LogP) is -1.12. The molecule has 0 aliphatic carbocycles. The van der Waals surface area contributed by atoms with Crippen molar-refractivity contribution in [2.75, 3.05) is 11.5 Å². The molecule has 1 fully saturated rings. The fourth-order valence-electron chi connectivity index (χ4n) is 2.18. The third-order valence-corrected chi connectivity index (χ3v) is 6.05. The number of hydrogen-bond acceptors (Lipinski definition) is 8. The summed E-state index contributed by atoms with van der Waals surface area (Å²) < 4.78 is 1.55. The molecule has 2 unspecified atom stereocenters. The van der Waals surface area contributed by atoms with Crippen molar-refractivity contribution in [3.63, 3.8) is 0 Å². The summed E-state index contributed by atoms with van der Waals surface area (Å²) >= 11 is 2.60. The Hall–Kier alpha value is -1.59. The molecule has 3 heterocycles. The normalized spacial score (nSPS) is 27.9. The number of fused-ring (bicyclic) bond motifs is 1. The smallest absolute Gasteiger partial charge is 0.342 e. The summed E-state index contributed by atoms with van der Waals surface area (Å²) in [5, 5.41) is 21.1. The van der Waals surface area contributed by atoms with Crippen LogP contribution in [0.2, 0.25) is 0 Å². The van der Waals surface area contributed by atoms with E-state index >= 15 is 0 Å². The summed E-state index contributed by atoms with van der Waals surface area (Å²) in [6.45, 7) is 0. The Kier molecular flexibility index (Phi) is 3.42. The van der Waals surface area contributed by atoms with Gasteiger partial charge < -0.3 is 10.8 Å². The predicted molar refractivity (Wildman–Crippen MR) is 75.3 cm³/mol. The number of rotatable bonds is 4. The summed E-state index contributed by atoms with van der Waals surface area (Å²) in [6, 6.07) is -0.992. The Morgan fingerprint density at radius 1 is 1.71 bits per heavy atom. The first-order chi connectivity index (χ1) is 9.96. The number of carboxylic acids is 1. The van der Waals surface area contributed by atoms with E-state index in [9.17, 15) is 14.7 Å². The van der Waals surface area contributed by atoms with E-state index in [0.29, 0.717) is 16.7 Å². The lowest BCUT2D eigenvalue weighted by molar-refractivity contribution is -0.164. The van der Waals surface area contributed by atoms with Crippen LogP contribution in [0.1, 0.15) is 0 Å². The summed E-state index contributed by atoms with van der Waals surface area (Å²) in [5.74, 6) is -0.370. The van der Waals surface area contributed by atoms with Crippen LogP contribution in [0.25, 0.3) is 0 Å². The zero-order chi connectivity index (χ0) is 15.2. The van der Waals surface area contributed by atoms with E-state index in [1.165, 1.54) is 28.4 Å². The molecule has 2 aliphatic rings. The minimum atomic E-state index is -1.35. The third-order valence-electron chi connectivity index (χ3n) is 3.35. The monoisotopic (exact) mass is 328 g/mol. The average Bonchev–Trinajstić information content (AvgIpc) is 2.88. The highest BCUT2D eigenvalue weighted by atomic mass is 32.2. The zero-order valence-corrected chi connectivity index (χ0v) is 12.6. The van der Waals surface area contributed by atoms with Gasteiger partial charge in [0.25, 0.3) is 0 Å². The molecule has 112 valence electrons. The Morgan fingerprint density at radius 3 is 3.10 bits per heavy atom. The lowest BCUT2D eigenvalue weighted by atomic mass is 9.95. The number of nitrogens with zero attached hydrogens (tertiary/aromatic N) is 5. The van der Waals surface area contributed by atoms with Crippen LogP contribution in [0.5, 0.6) is 0 Å². The van der Waals surface area contributed by atoms with Crippen molar-refractivity contribution in [3.05, 3.63) is 11.8 Å². The van der Waals surface area contributed by atoms with Gasteiger partial charge in [-0.1, -0.05) is 11.8 Å². The van der Waals surface area contributed by atoms with E-state index in [2.05, 4.69) is 15.5 Å². The van der Waals surface area contributed by atoms with Crippen LogP contribution in [-0.4, -0.2) is 64.5 Å². The molecular weight excluding hydrogens is 316 g/mol. The Morgan fingerprint density at radius 2 is 2.48 bits per heavy atom. The molecule has 2 atom stereocenters. The van der Waals surface area contributed by atoms with Crippen LogP contribution in [0.4, 0.5) is 0 Å². The lowest BCUT2D eigenvalue weighted by Crippen LogP contribution is -2.78. The van der Waals surface area contributed by atoms with Gasteiger partial charge in [-0.2, -0.15) is 0 Å². The second-order valence-corrected chi connectivity index (χ2v) is 6.78. The van der Waals surface area contributed by atoms with Gasteiger partial charge in [-0.05, 0) is 16.0 Å². The van der Waals surface area contributed by atoms with Crippen LogP contribution in [0.15, 0.2) is 16.9 Å². The largest absolute Gasteiger partial charge is 0.479 e. The van der Waals surface area contributed by atoms with Gasteiger partial charge in [-0.3, -0.25) is 9.69 Å². The maximum Gasteiger partial charge on any atom is 0.342 e. The molecule has 2 aliphatic heterocycles. The van der Waals surface area contributed by atoms with Crippen molar-refractivity contribution in [1.82, 2.24) is 25.1 Å². The fourth-order valence-corrected chi connectivity index (χ4v) is 4.39. The minimum Gasteiger partial charge on any atom is -0.479 e. The number of carbonyl (C=O) groups excluding carboxylic acids is 1. The summed E-state index contributed by atoms with van der Waals surface area (Å²) in [4.78, 5) is 23.1. The second-order valence-electron chi connectivity index (χ2n) is 4.64. The van der Waals surface area contributed by atoms with Gasteiger partial charge in [0.15, 0.2) is 0 Å². The molecule has 3 N–H and O–H groups in total. The lowest BCUT2D eigenvalue weighted by Gasteiger charge is -2.53. The van der Waals surface area contributed by atoms with E-state index < -0.39 is 16.9 Å². The highest BCUT2D eigenvalue weighted by Gasteiger charge is 2.65. The topological polar surface area (TPSA) is 127 Å². The molecule has 0 radical (unpaired) electrons. The molecule has 9 nitrogen and oxygen atoms in total. The van der Waals surface area contributed by atoms with Gasteiger partial charge in [-0.25, -0.2) is 9.48 Å². The molecule has 1 aromatic rings.